The Labute approximate surface area is 129 Å². The van der Waals surface area contributed by atoms with Gasteiger partial charge in [-0.25, -0.2) is 0 Å². The first-order chi connectivity index (χ1) is 9.71. The van der Waals surface area contributed by atoms with E-state index in [9.17, 15) is 0 Å². The van der Waals surface area contributed by atoms with Gasteiger partial charge in [-0.3, -0.25) is 0 Å². The van der Waals surface area contributed by atoms with Crippen molar-refractivity contribution in [1.82, 2.24) is 0 Å². The Kier molecular flexibility index (Phi) is 3.99. The minimum Gasteiger partial charge on any atom is -0.312 e. The number of nitrogens with zero attached hydrogens (tertiary/aromatic N) is 1. The minimum atomic E-state index is 0.0145. The summed E-state index contributed by atoms with van der Waals surface area (Å²) in [6, 6.07) is 21.6. The number of hydrogen-bond donors (Lipinski definition) is 0. The molecule has 0 aliphatic heterocycles. The maximum absolute atomic E-state index is 2.34. The first kappa shape index (κ1) is 15.8. The molecule has 21 heavy (non-hydrogen) atoms. The van der Waals surface area contributed by atoms with Crippen LogP contribution in [0.15, 0.2) is 60.7 Å². The van der Waals surface area contributed by atoms with E-state index in [0.717, 1.165) is 4.48 Å². The third-order valence-corrected chi connectivity index (χ3v) is 5.76. The lowest BCUT2D eigenvalue weighted by Gasteiger charge is -2.54. The van der Waals surface area contributed by atoms with Crippen LogP contribution in [0, 0.1) is 0 Å². The average molecular weight is 282 g/mol. The highest BCUT2D eigenvalue weighted by molar-refractivity contribution is 5.24. The lowest BCUT2D eigenvalue weighted by Crippen LogP contribution is -2.63. The third-order valence-electron chi connectivity index (χ3n) is 5.76. The van der Waals surface area contributed by atoms with Crippen molar-refractivity contribution in [3.05, 3.63) is 71.8 Å². The van der Waals surface area contributed by atoms with E-state index in [-0.39, 0.29) is 11.1 Å². The predicted octanol–water partition coefficient (Wildman–Crippen LogP) is 4.93. The largest absolute Gasteiger partial charge is 0.312 e. The fourth-order valence-corrected chi connectivity index (χ4v) is 3.04. The molecule has 0 saturated carbocycles. The van der Waals surface area contributed by atoms with Crippen molar-refractivity contribution >= 4 is 0 Å². The van der Waals surface area contributed by atoms with Gasteiger partial charge in [0.25, 0.3) is 0 Å². The van der Waals surface area contributed by atoms with E-state index in [1.54, 1.807) is 0 Å². The van der Waals surface area contributed by atoms with Gasteiger partial charge in [-0.2, -0.15) is 0 Å². The van der Waals surface area contributed by atoms with Crippen LogP contribution in [-0.2, 0) is 11.1 Å². The van der Waals surface area contributed by atoms with E-state index in [2.05, 4.69) is 102 Å². The molecule has 0 amide bonds. The molecule has 0 unspecified atom stereocenters. The molecule has 1 nitrogen and oxygen atoms in total. The monoisotopic (exact) mass is 282 g/mol. The normalized spacial score (nSPS) is 13.2. The molecule has 0 radical (unpaired) electrons. The molecule has 0 fully saturated rings. The fourth-order valence-electron chi connectivity index (χ4n) is 3.04. The Hall–Kier alpha value is -1.60. The molecule has 0 heterocycles. The molecule has 0 bridgehead atoms. The smallest absolute Gasteiger partial charge is 0.119 e. The average Bonchev–Trinajstić information content (AvgIpc) is 2.48. The summed E-state index contributed by atoms with van der Waals surface area (Å²) in [5.74, 6) is 0. The summed E-state index contributed by atoms with van der Waals surface area (Å²) in [7, 11) is 4.67. The van der Waals surface area contributed by atoms with E-state index in [1.165, 1.54) is 11.1 Å². The molecule has 2 aromatic rings. The lowest BCUT2D eigenvalue weighted by atomic mass is 9.81. The number of rotatable bonds is 4. The van der Waals surface area contributed by atoms with Crippen LogP contribution in [0.1, 0.15) is 38.8 Å². The van der Waals surface area contributed by atoms with Crippen LogP contribution in [0.25, 0.3) is 0 Å². The Morgan fingerprint density at radius 3 is 1.14 bits per heavy atom. The molecule has 0 aliphatic carbocycles. The standard InChI is InChI=1S/C20H28N/c1-19(2,17-13-9-7-10-14-17)21(5,6)20(3,4)18-15-11-8-12-16-18/h7-16H,1-6H3/q+1. The molecular weight excluding hydrogens is 254 g/mol. The highest BCUT2D eigenvalue weighted by Crippen LogP contribution is 2.43. The molecule has 0 atom stereocenters. The Morgan fingerprint density at radius 2 is 0.857 bits per heavy atom. The van der Waals surface area contributed by atoms with Crippen LogP contribution in [0.2, 0.25) is 0 Å². The van der Waals surface area contributed by atoms with Crippen LogP contribution in [0.3, 0.4) is 0 Å². The summed E-state index contributed by atoms with van der Waals surface area (Å²) in [5, 5.41) is 0. The van der Waals surface area contributed by atoms with Crippen molar-refractivity contribution < 1.29 is 4.48 Å². The zero-order valence-electron chi connectivity index (χ0n) is 14.2. The number of hydrogen-bond acceptors (Lipinski definition) is 0. The Balaban J connectivity index is 2.50. The molecule has 1 heteroatoms. The summed E-state index contributed by atoms with van der Waals surface area (Å²) >= 11 is 0. The van der Waals surface area contributed by atoms with Gasteiger partial charge in [0.2, 0.25) is 0 Å². The predicted molar refractivity (Wildman–Crippen MR) is 91.0 cm³/mol. The topological polar surface area (TPSA) is 0 Å². The van der Waals surface area contributed by atoms with Crippen molar-refractivity contribution in [2.75, 3.05) is 14.1 Å². The Bertz CT molecular complexity index is 526. The van der Waals surface area contributed by atoms with Crippen molar-refractivity contribution in [3.8, 4) is 0 Å². The molecule has 2 aromatic carbocycles. The third kappa shape index (κ3) is 2.51. The van der Waals surface area contributed by atoms with E-state index in [4.69, 9.17) is 0 Å². The van der Waals surface area contributed by atoms with Gasteiger partial charge in [-0.1, -0.05) is 60.7 Å². The first-order valence-electron chi connectivity index (χ1n) is 7.66. The molecule has 0 saturated heterocycles. The molecule has 0 N–H and O–H groups in total. The summed E-state index contributed by atoms with van der Waals surface area (Å²) < 4.78 is 0.883. The van der Waals surface area contributed by atoms with Crippen LogP contribution in [0.5, 0.6) is 0 Å². The molecular formula is C20H28N+. The Morgan fingerprint density at radius 1 is 0.571 bits per heavy atom. The number of benzene rings is 2. The molecule has 2 rings (SSSR count). The van der Waals surface area contributed by atoms with Gasteiger partial charge in [0.15, 0.2) is 0 Å². The van der Waals surface area contributed by atoms with Gasteiger partial charge in [0.1, 0.15) is 11.1 Å². The van der Waals surface area contributed by atoms with Crippen molar-refractivity contribution in [1.29, 1.82) is 0 Å². The SMILES string of the molecule is CC(C)(c1ccccc1)[N+](C)(C)C(C)(C)c1ccccc1. The molecule has 0 spiro atoms. The van der Waals surface area contributed by atoms with E-state index >= 15 is 0 Å². The fraction of sp³-hybridized carbons (Fsp3) is 0.400. The number of quaternary nitrogens is 1. The zero-order chi connectivity index (χ0) is 15.7. The zero-order valence-corrected chi connectivity index (χ0v) is 14.2. The van der Waals surface area contributed by atoms with Gasteiger partial charge in [0.05, 0.1) is 14.1 Å². The maximum Gasteiger partial charge on any atom is 0.119 e. The van der Waals surface area contributed by atoms with Crippen LogP contribution in [0.4, 0.5) is 0 Å². The van der Waals surface area contributed by atoms with Crippen molar-refractivity contribution in [3.63, 3.8) is 0 Å². The highest BCUT2D eigenvalue weighted by atomic mass is 15.4. The molecule has 0 aliphatic rings. The quantitative estimate of drug-likeness (QED) is 0.697. The molecule has 112 valence electrons. The van der Waals surface area contributed by atoms with Gasteiger partial charge >= 0.3 is 0 Å². The van der Waals surface area contributed by atoms with E-state index in [0.29, 0.717) is 0 Å². The van der Waals surface area contributed by atoms with Gasteiger partial charge in [-0.05, 0) is 27.7 Å². The maximum atomic E-state index is 2.34. The van der Waals surface area contributed by atoms with Crippen LogP contribution >= 0.6 is 0 Å². The van der Waals surface area contributed by atoms with Crippen molar-refractivity contribution in [2.45, 2.75) is 38.8 Å². The summed E-state index contributed by atoms with van der Waals surface area (Å²) in [4.78, 5) is 0. The van der Waals surface area contributed by atoms with E-state index < -0.39 is 0 Å². The van der Waals surface area contributed by atoms with E-state index in [1.807, 2.05) is 0 Å². The second-order valence-corrected chi connectivity index (χ2v) is 7.30. The van der Waals surface area contributed by atoms with Gasteiger partial charge < -0.3 is 4.48 Å². The lowest BCUT2D eigenvalue weighted by molar-refractivity contribution is -0.996. The first-order valence-corrected chi connectivity index (χ1v) is 7.66. The highest BCUT2D eigenvalue weighted by Gasteiger charge is 2.49. The summed E-state index contributed by atoms with van der Waals surface area (Å²) in [5.41, 5.74) is 2.78. The van der Waals surface area contributed by atoms with Gasteiger partial charge in [0, 0.05) is 11.1 Å². The minimum absolute atomic E-state index is 0.0145. The summed E-state index contributed by atoms with van der Waals surface area (Å²) in [6.45, 7) is 9.36. The van der Waals surface area contributed by atoms with Crippen molar-refractivity contribution in [2.24, 2.45) is 0 Å². The summed E-state index contributed by atoms with van der Waals surface area (Å²) in [6.07, 6.45) is 0. The van der Waals surface area contributed by atoms with Crippen LogP contribution < -0.4 is 0 Å². The van der Waals surface area contributed by atoms with Gasteiger partial charge in [-0.15, -0.1) is 0 Å². The van der Waals surface area contributed by atoms with Crippen LogP contribution in [-0.4, -0.2) is 18.6 Å². The molecule has 0 aromatic heterocycles. The second-order valence-electron chi connectivity index (χ2n) is 7.30. The second kappa shape index (κ2) is 5.31.